The summed E-state index contributed by atoms with van der Waals surface area (Å²) in [4.78, 5) is 15.5. The molecular weight excluding hydrogens is 264 g/mol. The number of benzene rings is 1. The Kier molecular flexibility index (Phi) is 4.11. The van der Waals surface area contributed by atoms with E-state index in [0.29, 0.717) is 18.1 Å². The predicted molar refractivity (Wildman–Crippen MR) is 76.1 cm³/mol. The minimum atomic E-state index is -1.03. The van der Waals surface area contributed by atoms with Crippen LogP contribution in [0.4, 0.5) is 5.82 Å². The molecule has 1 unspecified atom stereocenters. The van der Waals surface area contributed by atoms with Gasteiger partial charge in [0.05, 0.1) is 5.52 Å². The molecule has 2 N–H and O–H groups in total. The van der Waals surface area contributed by atoms with Gasteiger partial charge in [-0.25, -0.2) is 9.78 Å². The first kappa shape index (κ1) is 13.5. The van der Waals surface area contributed by atoms with E-state index in [1.165, 1.54) is 0 Å². The van der Waals surface area contributed by atoms with Crippen molar-refractivity contribution in [2.24, 2.45) is 0 Å². The Morgan fingerprint density at radius 3 is 2.84 bits per heavy atom. The average molecular weight is 278 g/mol. The van der Waals surface area contributed by atoms with Crippen LogP contribution < -0.4 is 5.32 Å². The van der Waals surface area contributed by atoms with Crippen LogP contribution in [-0.4, -0.2) is 38.8 Å². The molecule has 5 nitrogen and oxygen atoms in total. The summed E-state index contributed by atoms with van der Waals surface area (Å²) in [5.41, 5.74) is 0.855. The minimum Gasteiger partial charge on any atom is -0.478 e. The van der Waals surface area contributed by atoms with E-state index in [9.17, 15) is 14.1 Å². The molecule has 19 heavy (non-hydrogen) atoms. The molecule has 0 radical (unpaired) electrons. The lowest BCUT2D eigenvalue weighted by Gasteiger charge is -2.09. The second-order valence-corrected chi connectivity index (χ2v) is 5.64. The van der Waals surface area contributed by atoms with Gasteiger partial charge in [0.25, 0.3) is 0 Å². The molecule has 2 rings (SSSR count). The summed E-state index contributed by atoms with van der Waals surface area (Å²) in [5, 5.41) is 12.9. The molecule has 0 amide bonds. The molecule has 0 fully saturated rings. The van der Waals surface area contributed by atoms with Crippen LogP contribution in [0, 0.1) is 0 Å². The molecular formula is C13H14N2O3S. The standard InChI is InChI=1S/C13H14N2O3S/c1-19(18)7-6-14-12-10(13(16)17)8-9-4-2-3-5-11(9)15-12/h2-5,8H,6-7H2,1H3,(H,14,15)(H,16,17). The van der Waals surface area contributed by atoms with Crippen molar-refractivity contribution in [2.45, 2.75) is 0 Å². The van der Waals surface area contributed by atoms with Crippen LogP contribution in [0.15, 0.2) is 30.3 Å². The molecule has 1 aromatic heterocycles. The molecule has 6 heteroatoms. The number of carboxylic acid groups (broad SMARTS) is 1. The number of anilines is 1. The van der Waals surface area contributed by atoms with Crippen LogP contribution in [0.2, 0.25) is 0 Å². The summed E-state index contributed by atoms with van der Waals surface area (Å²) in [6.45, 7) is 0.425. The Morgan fingerprint density at radius 2 is 2.16 bits per heavy atom. The van der Waals surface area contributed by atoms with Gasteiger partial charge < -0.3 is 10.4 Å². The Bertz CT molecular complexity index is 643. The fraction of sp³-hybridized carbons (Fsp3) is 0.231. The lowest BCUT2D eigenvalue weighted by molar-refractivity contribution is 0.0698. The van der Waals surface area contributed by atoms with Gasteiger partial charge in [-0.2, -0.15) is 0 Å². The van der Waals surface area contributed by atoms with E-state index >= 15 is 0 Å². The summed E-state index contributed by atoms with van der Waals surface area (Å²) in [6.07, 6.45) is 1.60. The van der Waals surface area contributed by atoms with Gasteiger partial charge in [0.15, 0.2) is 0 Å². The van der Waals surface area contributed by atoms with Gasteiger partial charge in [-0.05, 0) is 12.1 Å². The van der Waals surface area contributed by atoms with Gasteiger partial charge >= 0.3 is 5.97 Å². The Morgan fingerprint density at radius 1 is 1.42 bits per heavy atom. The van der Waals surface area contributed by atoms with Gasteiger partial charge in [-0.15, -0.1) is 0 Å². The van der Waals surface area contributed by atoms with Crippen LogP contribution in [0.3, 0.4) is 0 Å². The van der Waals surface area contributed by atoms with Gasteiger partial charge in [0.1, 0.15) is 11.4 Å². The van der Waals surface area contributed by atoms with Crippen molar-refractivity contribution in [1.82, 2.24) is 4.98 Å². The maximum absolute atomic E-state index is 11.2. The van der Waals surface area contributed by atoms with Crippen molar-refractivity contribution in [1.29, 1.82) is 0 Å². The molecule has 1 atom stereocenters. The molecule has 1 heterocycles. The molecule has 0 aliphatic heterocycles. The number of para-hydroxylation sites is 1. The smallest absolute Gasteiger partial charge is 0.339 e. The van der Waals surface area contributed by atoms with E-state index in [2.05, 4.69) is 10.3 Å². The number of rotatable bonds is 5. The van der Waals surface area contributed by atoms with Crippen molar-refractivity contribution < 1.29 is 14.1 Å². The summed E-state index contributed by atoms with van der Waals surface area (Å²) >= 11 is 0. The number of nitrogens with one attached hydrogen (secondary N) is 1. The van der Waals surface area contributed by atoms with Gasteiger partial charge in [-0.3, -0.25) is 4.21 Å². The molecule has 0 bridgehead atoms. The highest BCUT2D eigenvalue weighted by molar-refractivity contribution is 7.84. The van der Waals surface area contributed by atoms with Gasteiger partial charge in [0.2, 0.25) is 0 Å². The SMILES string of the molecule is CS(=O)CCNc1nc2ccccc2cc1C(=O)O. The molecule has 0 spiro atoms. The average Bonchev–Trinajstić information content (AvgIpc) is 2.37. The topological polar surface area (TPSA) is 79.3 Å². The number of pyridine rings is 1. The Labute approximate surface area is 113 Å². The third-order valence-electron chi connectivity index (χ3n) is 2.64. The molecule has 0 saturated carbocycles. The highest BCUT2D eigenvalue weighted by Crippen LogP contribution is 2.20. The largest absolute Gasteiger partial charge is 0.478 e. The third-order valence-corrected chi connectivity index (χ3v) is 3.42. The summed E-state index contributed by atoms with van der Waals surface area (Å²) in [5.74, 6) is -0.261. The normalized spacial score (nSPS) is 12.3. The van der Waals surface area contributed by atoms with Crippen LogP contribution in [0.25, 0.3) is 10.9 Å². The quantitative estimate of drug-likeness (QED) is 0.870. The first-order valence-electron chi connectivity index (χ1n) is 5.75. The molecule has 2 aromatic rings. The minimum absolute atomic E-state index is 0.126. The first-order valence-corrected chi connectivity index (χ1v) is 7.47. The van der Waals surface area contributed by atoms with E-state index in [1.54, 1.807) is 12.3 Å². The Balaban J connectivity index is 2.36. The van der Waals surface area contributed by atoms with Gasteiger partial charge in [0, 0.05) is 34.7 Å². The zero-order valence-electron chi connectivity index (χ0n) is 10.4. The van der Waals surface area contributed by atoms with Gasteiger partial charge in [-0.1, -0.05) is 18.2 Å². The number of hydrogen-bond acceptors (Lipinski definition) is 4. The number of hydrogen-bond donors (Lipinski definition) is 2. The number of carboxylic acids is 1. The highest BCUT2D eigenvalue weighted by Gasteiger charge is 2.12. The van der Waals surface area contributed by atoms with E-state index in [0.717, 1.165) is 10.9 Å². The van der Waals surface area contributed by atoms with Crippen molar-refractivity contribution >= 4 is 33.5 Å². The van der Waals surface area contributed by atoms with E-state index < -0.39 is 16.8 Å². The number of aromatic nitrogens is 1. The second-order valence-electron chi connectivity index (χ2n) is 4.09. The van der Waals surface area contributed by atoms with Crippen molar-refractivity contribution in [3.05, 3.63) is 35.9 Å². The van der Waals surface area contributed by atoms with Crippen LogP contribution in [-0.2, 0) is 10.8 Å². The van der Waals surface area contributed by atoms with Crippen molar-refractivity contribution in [3.8, 4) is 0 Å². The number of carbonyl (C=O) groups is 1. The maximum Gasteiger partial charge on any atom is 0.339 e. The second kappa shape index (κ2) is 5.79. The van der Waals surface area contributed by atoms with E-state index in [4.69, 9.17) is 0 Å². The maximum atomic E-state index is 11.2. The summed E-state index contributed by atoms with van der Waals surface area (Å²) < 4.78 is 11.0. The Hall–Kier alpha value is -1.95. The zero-order chi connectivity index (χ0) is 13.8. The van der Waals surface area contributed by atoms with Crippen molar-refractivity contribution in [3.63, 3.8) is 0 Å². The molecule has 100 valence electrons. The summed E-state index contributed by atoms with van der Waals surface area (Å²) in [6, 6.07) is 8.92. The first-order chi connectivity index (χ1) is 9.08. The number of aromatic carboxylic acids is 1. The highest BCUT2D eigenvalue weighted by atomic mass is 32.2. The monoisotopic (exact) mass is 278 g/mol. The van der Waals surface area contributed by atoms with Crippen molar-refractivity contribution in [2.75, 3.05) is 23.9 Å². The molecule has 0 aliphatic rings. The lowest BCUT2D eigenvalue weighted by Crippen LogP contribution is -2.14. The predicted octanol–water partition coefficient (Wildman–Crippen LogP) is 1.72. The molecule has 0 saturated heterocycles. The van der Waals surface area contributed by atoms with Crippen LogP contribution >= 0.6 is 0 Å². The van der Waals surface area contributed by atoms with Crippen LogP contribution in [0.1, 0.15) is 10.4 Å². The fourth-order valence-electron chi connectivity index (χ4n) is 1.73. The summed E-state index contributed by atoms with van der Waals surface area (Å²) in [7, 11) is -0.921. The lowest BCUT2D eigenvalue weighted by atomic mass is 10.1. The number of nitrogens with zero attached hydrogens (tertiary/aromatic N) is 1. The number of fused-ring (bicyclic) bond motifs is 1. The van der Waals surface area contributed by atoms with Crippen LogP contribution in [0.5, 0.6) is 0 Å². The fourth-order valence-corrected chi connectivity index (χ4v) is 2.12. The van der Waals surface area contributed by atoms with E-state index in [-0.39, 0.29) is 5.56 Å². The molecule has 0 aliphatic carbocycles. The zero-order valence-corrected chi connectivity index (χ0v) is 11.2. The van der Waals surface area contributed by atoms with E-state index in [1.807, 2.05) is 24.3 Å². The third kappa shape index (κ3) is 3.29. The molecule has 1 aromatic carbocycles.